The molecule has 1 heterocycles. The van der Waals surface area contributed by atoms with Crippen LogP contribution < -0.4 is 5.56 Å². The summed E-state index contributed by atoms with van der Waals surface area (Å²) >= 11 is 3.00. The highest BCUT2D eigenvalue weighted by molar-refractivity contribution is 9.10. The average molecular weight is 331 g/mol. The third-order valence-corrected chi connectivity index (χ3v) is 4.79. The van der Waals surface area contributed by atoms with Gasteiger partial charge < -0.3 is 14.8 Å². The molecule has 0 amide bonds. The van der Waals surface area contributed by atoms with Gasteiger partial charge in [-0.05, 0) is 47.0 Å². The van der Waals surface area contributed by atoms with E-state index < -0.39 is 5.60 Å². The minimum atomic E-state index is -0.604. The topological polar surface area (TPSA) is 75.2 Å². The number of hydrogen-bond donors (Lipinski definition) is 2. The molecule has 0 unspecified atom stereocenters. The average Bonchev–Trinajstić information content (AvgIpc) is 2.36. The Morgan fingerprint density at radius 3 is 2.37 bits per heavy atom. The molecule has 2 N–H and O–H groups in total. The first-order chi connectivity index (χ1) is 8.80. The Bertz CT molecular complexity index is 529. The summed E-state index contributed by atoms with van der Waals surface area (Å²) in [5, 5.41) is 9.69. The van der Waals surface area contributed by atoms with Crippen molar-refractivity contribution in [2.24, 2.45) is 5.41 Å². The second-order valence-electron chi connectivity index (χ2n) is 5.91. The highest BCUT2D eigenvalue weighted by Gasteiger charge is 2.42. The van der Waals surface area contributed by atoms with Crippen LogP contribution in [0.5, 0.6) is 5.88 Å². The number of hydrogen-bond acceptors (Lipinski definition) is 4. The smallest absolute Gasteiger partial charge is 0.269 e. The number of H-pyrrole nitrogens is 1. The molecule has 19 heavy (non-hydrogen) atoms. The van der Waals surface area contributed by atoms with Gasteiger partial charge in [0, 0.05) is 7.11 Å². The molecule has 1 aromatic heterocycles. The number of ether oxygens (including phenoxy) is 1. The van der Waals surface area contributed by atoms with Crippen molar-refractivity contribution in [1.82, 2.24) is 9.97 Å². The van der Waals surface area contributed by atoms with E-state index >= 15 is 0 Å². The number of halogens is 1. The van der Waals surface area contributed by atoms with Gasteiger partial charge in [-0.15, -0.1) is 0 Å². The van der Waals surface area contributed by atoms with Crippen LogP contribution in [0.25, 0.3) is 0 Å². The molecular weight excluding hydrogens is 312 g/mol. The SMILES string of the molecule is COC1(c2nc(O)c(Br)c(=O)[nH]2)CCC(C)(C)CC1. The van der Waals surface area contributed by atoms with E-state index in [9.17, 15) is 9.90 Å². The molecule has 5 nitrogen and oxygen atoms in total. The molecule has 1 saturated carbocycles. The fourth-order valence-electron chi connectivity index (χ4n) is 2.53. The lowest BCUT2D eigenvalue weighted by Gasteiger charge is -2.41. The zero-order valence-electron chi connectivity index (χ0n) is 11.4. The lowest BCUT2D eigenvalue weighted by Crippen LogP contribution is -2.39. The second-order valence-corrected chi connectivity index (χ2v) is 6.71. The zero-order chi connectivity index (χ0) is 14.3. The molecule has 0 aliphatic heterocycles. The molecule has 0 atom stereocenters. The molecule has 0 aromatic carbocycles. The van der Waals surface area contributed by atoms with E-state index in [2.05, 4.69) is 39.7 Å². The number of methoxy groups -OCH3 is 1. The van der Waals surface area contributed by atoms with E-state index in [0.29, 0.717) is 5.82 Å². The lowest BCUT2D eigenvalue weighted by atomic mass is 9.70. The fourth-order valence-corrected chi connectivity index (χ4v) is 2.72. The summed E-state index contributed by atoms with van der Waals surface area (Å²) in [6.45, 7) is 4.45. The quantitative estimate of drug-likeness (QED) is 0.874. The van der Waals surface area contributed by atoms with Crippen LogP contribution in [0.2, 0.25) is 0 Å². The molecule has 6 heteroatoms. The van der Waals surface area contributed by atoms with Gasteiger partial charge in [0.05, 0.1) is 0 Å². The number of aromatic hydroxyl groups is 1. The van der Waals surface area contributed by atoms with Gasteiger partial charge in [-0.25, -0.2) is 0 Å². The van der Waals surface area contributed by atoms with Crippen molar-refractivity contribution in [2.75, 3.05) is 7.11 Å². The van der Waals surface area contributed by atoms with E-state index in [0.717, 1.165) is 25.7 Å². The van der Waals surface area contributed by atoms with Gasteiger partial charge in [0.2, 0.25) is 5.88 Å². The second kappa shape index (κ2) is 4.90. The largest absolute Gasteiger partial charge is 0.492 e. The molecule has 1 aromatic rings. The van der Waals surface area contributed by atoms with E-state index in [1.165, 1.54) is 0 Å². The summed E-state index contributed by atoms with van der Waals surface area (Å²) in [6.07, 6.45) is 3.53. The summed E-state index contributed by atoms with van der Waals surface area (Å²) in [6, 6.07) is 0. The van der Waals surface area contributed by atoms with Crippen LogP contribution in [-0.2, 0) is 10.3 Å². The van der Waals surface area contributed by atoms with E-state index in [-0.39, 0.29) is 21.3 Å². The minimum absolute atomic E-state index is 0.0543. The molecule has 1 fully saturated rings. The maximum atomic E-state index is 11.7. The zero-order valence-corrected chi connectivity index (χ0v) is 13.0. The van der Waals surface area contributed by atoms with Crippen molar-refractivity contribution in [3.05, 3.63) is 20.7 Å². The van der Waals surface area contributed by atoms with Crippen LogP contribution in [0.15, 0.2) is 9.27 Å². The maximum Gasteiger partial charge on any atom is 0.269 e. The summed E-state index contributed by atoms with van der Waals surface area (Å²) < 4.78 is 5.70. The number of nitrogens with one attached hydrogen (secondary N) is 1. The Kier molecular flexibility index (Phi) is 3.75. The molecule has 106 valence electrons. The summed E-state index contributed by atoms with van der Waals surface area (Å²) in [5.74, 6) is 0.121. The molecule has 0 saturated heterocycles. The number of aromatic nitrogens is 2. The summed E-state index contributed by atoms with van der Waals surface area (Å²) in [4.78, 5) is 18.5. The third kappa shape index (κ3) is 2.69. The first-order valence-electron chi connectivity index (χ1n) is 6.34. The Balaban J connectivity index is 2.41. The number of nitrogens with zero attached hydrogens (tertiary/aromatic N) is 1. The van der Waals surface area contributed by atoms with Crippen LogP contribution >= 0.6 is 15.9 Å². The Morgan fingerprint density at radius 2 is 1.89 bits per heavy atom. The lowest BCUT2D eigenvalue weighted by molar-refractivity contribution is -0.0733. The maximum absolute atomic E-state index is 11.7. The van der Waals surface area contributed by atoms with Gasteiger partial charge in [0.15, 0.2) is 0 Å². The molecule has 2 rings (SSSR count). The van der Waals surface area contributed by atoms with Gasteiger partial charge in [-0.3, -0.25) is 4.79 Å². The predicted molar refractivity (Wildman–Crippen MR) is 75.2 cm³/mol. The van der Waals surface area contributed by atoms with E-state index in [4.69, 9.17) is 4.74 Å². The van der Waals surface area contributed by atoms with Gasteiger partial charge in [-0.2, -0.15) is 4.98 Å². The fraction of sp³-hybridized carbons (Fsp3) is 0.692. The van der Waals surface area contributed by atoms with Crippen molar-refractivity contribution in [3.63, 3.8) is 0 Å². The molecular formula is C13H19BrN2O3. The molecule has 1 aliphatic carbocycles. The summed E-state index contributed by atoms with van der Waals surface area (Å²) in [5.41, 5.74) is -0.712. The third-order valence-electron chi connectivity index (χ3n) is 4.08. The standard InChI is InChI=1S/C13H19BrN2O3/c1-12(2)4-6-13(19-3,7-5-12)11-15-9(17)8(14)10(18)16-11/h4-7H2,1-3H3,(H2,15,16,17,18). The first kappa shape index (κ1) is 14.5. The Morgan fingerprint density at radius 1 is 1.32 bits per heavy atom. The first-order valence-corrected chi connectivity index (χ1v) is 7.13. The van der Waals surface area contributed by atoms with Gasteiger partial charge in [-0.1, -0.05) is 13.8 Å². The number of aromatic amines is 1. The van der Waals surface area contributed by atoms with Crippen LogP contribution in [0.3, 0.4) is 0 Å². The van der Waals surface area contributed by atoms with Crippen molar-refractivity contribution < 1.29 is 9.84 Å². The molecule has 0 bridgehead atoms. The predicted octanol–water partition coefficient (Wildman–Crippen LogP) is 2.68. The van der Waals surface area contributed by atoms with Crippen LogP contribution in [-0.4, -0.2) is 22.2 Å². The van der Waals surface area contributed by atoms with Crippen molar-refractivity contribution in [1.29, 1.82) is 0 Å². The molecule has 1 aliphatic rings. The van der Waals surface area contributed by atoms with Gasteiger partial charge in [0.1, 0.15) is 15.9 Å². The van der Waals surface area contributed by atoms with Crippen LogP contribution in [0, 0.1) is 5.41 Å². The molecule has 0 spiro atoms. The minimum Gasteiger partial charge on any atom is -0.492 e. The van der Waals surface area contributed by atoms with Crippen molar-refractivity contribution in [3.8, 4) is 5.88 Å². The highest BCUT2D eigenvalue weighted by Crippen LogP contribution is 2.46. The number of rotatable bonds is 2. The molecule has 0 radical (unpaired) electrons. The Labute approximate surface area is 120 Å². The van der Waals surface area contributed by atoms with Crippen LogP contribution in [0.1, 0.15) is 45.4 Å². The van der Waals surface area contributed by atoms with Gasteiger partial charge in [0.25, 0.3) is 5.56 Å². The van der Waals surface area contributed by atoms with E-state index in [1.54, 1.807) is 7.11 Å². The van der Waals surface area contributed by atoms with Gasteiger partial charge >= 0.3 is 0 Å². The highest BCUT2D eigenvalue weighted by atomic mass is 79.9. The normalized spacial score (nSPS) is 21.3. The van der Waals surface area contributed by atoms with Crippen molar-refractivity contribution in [2.45, 2.75) is 45.1 Å². The monoisotopic (exact) mass is 330 g/mol. The van der Waals surface area contributed by atoms with Crippen molar-refractivity contribution >= 4 is 15.9 Å². The van der Waals surface area contributed by atoms with Crippen LogP contribution in [0.4, 0.5) is 0 Å². The Hall–Kier alpha value is -0.880. The van der Waals surface area contributed by atoms with E-state index in [1.807, 2.05) is 0 Å². The summed E-state index contributed by atoms with van der Waals surface area (Å²) in [7, 11) is 1.62.